The van der Waals surface area contributed by atoms with Gasteiger partial charge in [-0.25, -0.2) is 8.42 Å². The summed E-state index contributed by atoms with van der Waals surface area (Å²) in [6.45, 7) is 7.79. The summed E-state index contributed by atoms with van der Waals surface area (Å²) in [7, 11) is -3.83. The van der Waals surface area contributed by atoms with Gasteiger partial charge in [0.25, 0.3) is 5.91 Å². The standard InChI is InChI=1S/C36H50N4O7S/c1-35(2,3)47-30(41)18-25-14-10-5-4-6-11-15-27-19-36(27,34(44)38-48(45,46)28-16-17-28)37-32(42)31-29-23-39(20-24-12-8-7-9-13-24)21-26(29)22-40(31)33(25)43/h7-9,11-13,15,25-29,31H,4-6,10,14,16-23H2,1-3H3,(H,37,42)(H,38,44)/b15-11-/t25-,26-,27+,29-,31-,36+/m0/s1. The van der Waals surface area contributed by atoms with Gasteiger partial charge in [0.05, 0.1) is 11.7 Å². The van der Waals surface area contributed by atoms with Crippen molar-refractivity contribution < 1.29 is 32.3 Å². The molecular formula is C36H50N4O7S. The number of allylic oxidation sites excluding steroid dienone is 1. The van der Waals surface area contributed by atoms with Crippen LogP contribution >= 0.6 is 0 Å². The molecule has 6 rings (SSSR count). The summed E-state index contributed by atoms with van der Waals surface area (Å²) in [6.07, 6.45) is 8.91. The number of carbonyl (C=O) groups excluding carboxylic acids is 4. The third-order valence-corrected chi connectivity index (χ3v) is 12.3. The van der Waals surface area contributed by atoms with Crippen molar-refractivity contribution in [3.63, 3.8) is 0 Å². The lowest BCUT2D eigenvalue weighted by Crippen LogP contribution is -2.58. The third kappa shape index (κ3) is 7.80. The molecule has 3 aliphatic heterocycles. The van der Waals surface area contributed by atoms with Gasteiger partial charge in [0.1, 0.15) is 17.2 Å². The normalized spacial score (nSPS) is 32.1. The molecule has 11 nitrogen and oxygen atoms in total. The molecule has 2 saturated carbocycles. The van der Waals surface area contributed by atoms with Crippen LogP contribution in [-0.4, -0.2) is 84.0 Å². The number of benzene rings is 1. The van der Waals surface area contributed by atoms with Crippen LogP contribution in [0.1, 0.15) is 84.1 Å². The molecule has 3 amide bonds. The van der Waals surface area contributed by atoms with Crippen LogP contribution in [0.3, 0.4) is 0 Å². The molecule has 0 aromatic heterocycles. The maximum absolute atomic E-state index is 14.5. The largest absolute Gasteiger partial charge is 0.460 e. The van der Waals surface area contributed by atoms with Gasteiger partial charge in [0.2, 0.25) is 21.8 Å². The van der Waals surface area contributed by atoms with Crippen molar-refractivity contribution in [1.82, 2.24) is 19.8 Å². The summed E-state index contributed by atoms with van der Waals surface area (Å²) in [4.78, 5) is 59.6. The number of esters is 1. The molecule has 0 radical (unpaired) electrons. The summed E-state index contributed by atoms with van der Waals surface area (Å²) in [5.41, 5.74) is -0.931. The lowest BCUT2D eigenvalue weighted by Gasteiger charge is -2.33. The van der Waals surface area contributed by atoms with Crippen LogP contribution in [-0.2, 0) is 40.5 Å². The van der Waals surface area contributed by atoms with E-state index in [1.54, 1.807) is 25.7 Å². The molecule has 1 aromatic rings. The lowest BCUT2D eigenvalue weighted by molar-refractivity contribution is -0.159. The van der Waals surface area contributed by atoms with E-state index in [-0.39, 0.29) is 36.5 Å². The second-order valence-corrected chi connectivity index (χ2v) is 17.5. The first-order valence-corrected chi connectivity index (χ1v) is 19.1. The molecule has 0 bridgehead atoms. The summed E-state index contributed by atoms with van der Waals surface area (Å²) in [5, 5.41) is 2.42. The average Bonchev–Trinajstić information content (AvgIpc) is 3.90. The molecule has 48 heavy (non-hydrogen) atoms. The first kappa shape index (κ1) is 34.6. The molecule has 6 atom stereocenters. The van der Waals surface area contributed by atoms with Crippen molar-refractivity contribution in [2.75, 3.05) is 19.6 Å². The smallest absolute Gasteiger partial charge is 0.307 e. The molecule has 0 unspecified atom stereocenters. The van der Waals surface area contributed by atoms with Crippen molar-refractivity contribution >= 4 is 33.7 Å². The number of sulfonamides is 1. The Labute approximate surface area is 284 Å². The van der Waals surface area contributed by atoms with Crippen LogP contribution in [0, 0.1) is 23.7 Å². The van der Waals surface area contributed by atoms with Crippen molar-refractivity contribution in [1.29, 1.82) is 0 Å². The Morgan fingerprint density at radius 3 is 2.48 bits per heavy atom. The Kier molecular flexibility index (Phi) is 9.79. The predicted molar refractivity (Wildman–Crippen MR) is 179 cm³/mol. The van der Waals surface area contributed by atoms with Crippen LogP contribution in [0.4, 0.5) is 0 Å². The molecule has 2 saturated heterocycles. The minimum atomic E-state index is -3.83. The van der Waals surface area contributed by atoms with Crippen molar-refractivity contribution in [3.05, 3.63) is 48.0 Å². The number of hydrogen-bond acceptors (Lipinski definition) is 8. The number of carbonyl (C=O) groups is 4. The fourth-order valence-electron chi connectivity index (χ4n) is 7.85. The maximum atomic E-state index is 14.5. The molecular weight excluding hydrogens is 632 g/mol. The lowest BCUT2D eigenvalue weighted by atomic mass is 9.92. The van der Waals surface area contributed by atoms with Gasteiger partial charge in [-0.05, 0) is 70.8 Å². The quantitative estimate of drug-likeness (QED) is 0.330. The summed E-state index contributed by atoms with van der Waals surface area (Å²) in [6, 6.07) is 9.26. The van der Waals surface area contributed by atoms with E-state index in [1.807, 2.05) is 30.4 Å². The van der Waals surface area contributed by atoms with Gasteiger partial charge in [0, 0.05) is 43.9 Å². The Balaban J connectivity index is 1.29. The van der Waals surface area contributed by atoms with E-state index in [2.05, 4.69) is 27.1 Å². The third-order valence-electron chi connectivity index (χ3n) is 10.5. The number of nitrogens with one attached hydrogen (secondary N) is 2. The first-order valence-electron chi connectivity index (χ1n) is 17.6. The monoisotopic (exact) mass is 682 g/mol. The van der Waals surface area contributed by atoms with Gasteiger partial charge in [-0.3, -0.25) is 28.8 Å². The molecule has 5 aliphatic rings. The summed E-state index contributed by atoms with van der Waals surface area (Å²) in [5.74, 6) is -2.97. The van der Waals surface area contributed by atoms with E-state index >= 15 is 0 Å². The molecule has 262 valence electrons. The highest BCUT2D eigenvalue weighted by Crippen LogP contribution is 2.47. The van der Waals surface area contributed by atoms with E-state index in [1.165, 1.54) is 0 Å². The van der Waals surface area contributed by atoms with Crippen LogP contribution in [0.15, 0.2) is 42.5 Å². The zero-order valence-corrected chi connectivity index (χ0v) is 29.2. The first-order chi connectivity index (χ1) is 22.8. The minimum absolute atomic E-state index is 0.0318. The zero-order chi connectivity index (χ0) is 34.3. The fourth-order valence-corrected chi connectivity index (χ4v) is 9.21. The number of ether oxygens (including phenoxy) is 1. The Morgan fingerprint density at radius 2 is 1.77 bits per heavy atom. The molecule has 1 aromatic carbocycles. The summed E-state index contributed by atoms with van der Waals surface area (Å²) < 4.78 is 33.5. The van der Waals surface area contributed by atoms with Gasteiger partial charge in [-0.2, -0.15) is 0 Å². The SMILES string of the molecule is CC(C)(C)OC(=O)C[C@@H]1CCCCC/C=C\[C@@H]2C[C@@]2(C(=O)NS(=O)(=O)C2CC2)NC(=O)[C@@H]2[C@H]3CN(Cc4ccccc4)C[C@H]3CN2C1=O. The number of amides is 3. The fraction of sp³-hybridized carbons (Fsp3) is 0.667. The van der Waals surface area contributed by atoms with Gasteiger partial charge in [0.15, 0.2) is 0 Å². The van der Waals surface area contributed by atoms with Crippen LogP contribution in [0.5, 0.6) is 0 Å². The van der Waals surface area contributed by atoms with Crippen molar-refractivity contribution in [2.24, 2.45) is 23.7 Å². The number of fused-ring (bicyclic) bond motifs is 4. The van der Waals surface area contributed by atoms with E-state index in [4.69, 9.17) is 4.74 Å². The van der Waals surface area contributed by atoms with Gasteiger partial charge in [-0.1, -0.05) is 55.3 Å². The van der Waals surface area contributed by atoms with E-state index < -0.39 is 56.2 Å². The van der Waals surface area contributed by atoms with E-state index in [9.17, 15) is 27.6 Å². The second kappa shape index (κ2) is 13.6. The second-order valence-electron chi connectivity index (χ2n) is 15.5. The number of nitrogens with zero attached hydrogens (tertiary/aromatic N) is 2. The summed E-state index contributed by atoms with van der Waals surface area (Å²) >= 11 is 0. The van der Waals surface area contributed by atoms with E-state index in [0.29, 0.717) is 38.9 Å². The van der Waals surface area contributed by atoms with Crippen LogP contribution in [0.25, 0.3) is 0 Å². The predicted octanol–water partition coefficient (Wildman–Crippen LogP) is 3.30. The number of rotatable bonds is 7. The van der Waals surface area contributed by atoms with Crippen LogP contribution < -0.4 is 10.0 Å². The van der Waals surface area contributed by atoms with Crippen molar-refractivity contribution in [2.45, 2.75) is 108 Å². The Morgan fingerprint density at radius 1 is 1.02 bits per heavy atom. The molecule has 3 heterocycles. The topological polar surface area (TPSA) is 142 Å². The Hall–Kier alpha value is -3.25. The van der Waals surface area contributed by atoms with Gasteiger partial charge < -0.3 is 15.0 Å². The number of likely N-dealkylation sites (tertiary alicyclic amines) is 1. The number of hydrogen-bond donors (Lipinski definition) is 2. The highest BCUT2D eigenvalue weighted by molar-refractivity contribution is 7.91. The minimum Gasteiger partial charge on any atom is -0.460 e. The molecule has 4 fully saturated rings. The highest BCUT2D eigenvalue weighted by atomic mass is 32.2. The highest BCUT2D eigenvalue weighted by Gasteiger charge is 2.63. The molecule has 2 N–H and O–H groups in total. The van der Waals surface area contributed by atoms with E-state index in [0.717, 1.165) is 37.8 Å². The maximum Gasteiger partial charge on any atom is 0.307 e. The van der Waals surface area contributed by atoms with Gasteiger partial charge >= 0.3 is 5.97 Å². The van der Waals surface area contributed by atoms with Crippen molar-refractivity contribution in [3.8, 4) is 0 Å². The van der Waals surface area contributed by atoms with Crippen LogP contribution in [0.2, 0.25) is 0 Å². The average molecular weight is 683 g/mol. The molecule has 2 aliphatic carbocycles. The molecule has 0 spiro atoms. The Bertz CT molecular complexity index is 1540. The zero-order valence-electron chi connectivity index (χ0n) is 28.4. The molecule has 12 heteroatoms. The van der Waals surface area contributed by atoms with Gasteiger partial charge in [-0.15, -0.1) is 0 Å².